The lowest BCUT2D eigenvalue weighted by atomic mass is 10.3. The Balaban J connectivity index is 1.49. The van der Waals surface area contributed by atoms with Crippen molar-refractivity contribution in [1.29, 1.82) is 0 Å². The third-order valence-corrected chi connectivity index (χ3v) is 5.43. The van der Waals surface area contributed by atoms with Gasteiger partial charge in [-0.3, -0.25) is 10.1 Å². The van der Waals surface area contributed by atoms with Crippen molar-refractivity contribution < 1.29 is 4.79 Å². The first-order chi connectivity index (χ1) is 12.2. The van der Waals surface area contributed by atoms with Crippen LogP contribution in [-0.4, -0.2) is 20.7 Å². The molecule has 0 saturated carbocycles. The van der Waals surface area contributed by atoms with Crippen molar-refractivity contribution in [3.8, 4) is 16.3 Å². The number of carbonyl (C=O) groups is 1. The van der Waals surface area contributed by atoms with Crippen LogP contribution in [0.15, 0.2) is 60.2 Å². The van der Waals surface area contributed by atoms with E-state index in [4.69, 9.17) is 11.6 Å². The Morgan fingerprint density at radius 2 is 2.00 bits per heavy atom. The lowest BCUT2D eigenvalue weighted by Crippen LogP contribution is -2.10. The highest BCUT2D eigenvalue weighted by Gasteiger charge is 2.13. The summed E-state index contributed by atoms with van der Waals surface area (Å²) < 4.78 is 2.37. The highest BCUT2D eigenvalue weighted by Crippen LogP contribution is 2.32. The number of halogens is 1. The minimum Gasteiger partial charge on any atom is -0.298 e. The first-order valence-electron chi connectivity index (χ1n) is 7.32. The first kappa shape index (κ1) is 16.0. The molecule has 0 saturated heterocycles. The van der Waals surface area contributed by atoms with Gasteiger partial charge in [0.05, 0.1) is 32.4 Å². The average Bonchev–Trinajstić information content (AvgIpc) is 3.35. The van der Waals surface area contributed by atoms with Gasteiger partial charge in [0.15, 0.2) is 5.13 Å². The zero-order valence-corrected chi connectivity index (χ0v) is 15.1. The number of anilines is 1. The summed E-state index contributed by atoms with van der Waals surface area (Å²) in [6, 6.07) is 13.4. The van der Waals surface area contributed by atoms with Crippen molar-refractivity contribution in [3.63, 3.8) is 0 Å². The van der Waals surface area contributed by atoms with Crippen molar-refractivity contribution in [2.24, 2.45) is 0 Å². The number of carbonyl (C=O) groups excluding carboxylic acids is 1. The molecule has 0 bridgehead atoms. The van der Waals surface area contributed by atoms with Crippen LogP contribution in [0.1, 0.15) is 10.4 Å². The number of hydrogen-bond donors (Lipinski definition) is 1. The molecule has 3 heterocycles. The summed E-state index contributed by atoms with van der Waals surface area (Å²) in [5.41, 5.74) is 2.17. The number of benzene rings is 1. The van der Waals surface area contributed by atoms with Crippen molar-refractivity contribution in [1.82, 2.24) is 14.8 Å². The second-order valence-corrected chi connectivity index (χ2v) is 7.68. The number of amides is 1. The fourth-order valence-electron chi connectivity index (χ4n) is 2.23. The fourth-order valence-corrected chi connectivity index (χ4v) is 4.01. The minimum atomic E-state index is -0.243. The van der Waals surface area contributed by atoms with Gasteiger partial charge in [0, 0.05) is 11.6 Å². The van der Waals surface area contributed by atoms with Crippen molar-refractivity contribution >= 4 is 45.3 Å². The van der Waals surface area contributed by atoms with Crippen LogP contribution >= 0.6 is 34.3 Å². The van der Waals surface area contributed by atoms with Crippen LogP contribution < -0.4 is 5.32 Å². The third kappa shape index (κ3) is 3.48. The van der Waals surface area contributed by atoms with Gasteiger partial charge in [0.1, 0.15) is 0 Å². The molecule has 4 aromatic rings. The average molecular weight is 387 g/mol. The molecule has 0 aliphatic carbocycles. The molecule has 0 aliphatic heterocycles. The molecule has 0 unspecified atom stereocenters. The van der Waals surface area contributed by atoms with Gasteiger partial charge in [-0.05, 0) is 24.3 Å². The maximum absolute atomic E-state index is 12.4. The van der Waals surface area contributed by atoms with Gasteiger partial charge in [0.25, 0.3) is 5.91 Å². The van der Waals surface area contributed by atoms with E-state index in [1.165, 1.54) is 28.9 Å². The van der Waals surface area contributed by atoms with E-state index in [2.05, 4.69) is 15.4 Å². The molecule has 25 heavy (non-hydrogen) atoms. The molecule has 4 rings (SSSR count). The Labute approximate surface area is 156 Å². The van der Waals surface area contributed by atoms with Gasteiger partial charge in [0.2, 0.25) is 0 Å². The van der Waals surface area contributed by atoms with E-state index in [-0.39, 0.29) is 5.91 Å². The molecule has 1 amide bonds. The molecule has 0 aliphatic rings. The standard InChI is InChI=1S/C17H11ClN4OS2/c18-15-7-6-14(25-15)13-10-24-17(20-13)21-16(23)11-8-19-22(9-11)12-4-2-1-3-5-12/h1-10H,(H,20,21,23). The maximum atomic E-state index is 12.4. The molecule has 0 spiro atoms. The largest absolute Gasteiger partial charge is 0.298 e. The van der Waals surface area contributed by atoms with Crippen LogP contribution in [0.2, 0.25) is 4.34 Å². The topological polar surface area (TPSA) is 59.8 Å². The van der Waals surface area contributed by atoms with Crippen LogP contribution in [-0.2, 0) is 0 Å². The zero-order chi connectivity index (χ0) is 17.2. The van der Waals surface area contributed by atoms with Crippen LogP contribution in [0.25, 0.3) is 16.3 Å². The fraction of sp³-hybridized carbons (Fsp3) is 0. The summed E-state index contributed by atoms with van der Waals surface area (Å²) in [4.78, 5) is 17.8. The molecular formula is C17H11ClN4OS2. The SMILES string of the molecule is O=C(Nc1nc(-c2ccc(Cl)s2)cs1)c1cnn(-c2ccccc2)c1. The highest BCUT2D eigenvalue weighted by molar-refractivity contribution is 7.20. The zero-order valence-electron chi connectivity index (χ0n) is 12.7. The van der Waals surface area contributed by atoms with E-state index in [9.17, 15) is 4.79 Å². The Kier molecular flexibility index (Phi) is 4.35. The molecule has 3 aromatic heterocycles. The van der Waals surface area contributed by atoms with Crippen molar-refractivity contribution in [2.45, 2.75) is 0 Å². The molecule has 1 aromatic carbocycles. The van der Waals surface area contributed by atoms with Gasteiger partial charge >= 0.3 is 0 Å². The smallest absolute Gasteiger partial charge is 0.260 e. The van der Waals surface area contributed by atoms with E-state index in [0.717, 1.165) is 16.3 Å². The predicted molar refractivity (Wildman–Crippen MR) is 102 cm³/mol. The molecule has 8 heteroatoms. The molecule has 0 atom stereocenters. The highest BCUT2D eigenvalue weighted by atomic mass is 35.5. The summed E-state index contributed by atoms with van der Waals surface area (Å²) in [6.45, 7) is 0. The predicted octanol–water partition coefficient (Wildman–Crippen LogP) is 4.96. The number of rotatable bonds is 4. The van der Waals surface area contributed by atoms with Crippen molar-refractivity contribution in [3.05, 3.63) is 70.1 Å². The third-order valence-electron chi connectivity index (χ3n) is 3.42. The summed E-state index contributed by atoms with van der Waals surface area (Å²) in [6.07, 6.45) is 3.23. The normalized spacial score (nSPS) is 10.8. The number of para-hydroxylation sites is 1. The first-order valence-corrected chi connectivity index (χ1v) is 9.39. The molecule has 0 fully saturated rings. The van der Waals surface area contributed by atoms with Crippen LogP contribution in [0.3, 0.4) is 0 Å². The summed E-state index contributed by atoms with van der Waals surface area (Å²) in [5, 5.41) is 9.47. The summed E-state index contributed by atoms with van der Waals surface area (Å²) >= 11 is 8.78. The molecule has 5 nitrogen and oxygen atoms in total. The Hall–Kier alpha value is -2.48. The van der Waals surface area contributed by atoms with E-state index < -0.39 is 0 Å². The second kappa shape index (κ2) is 6.79. The second-order valence-electron chi connectivity index (χ2n) is 5.10. The van der Waals surface area contributed by atoms with Gasteiger partial charge in [-0.1, -0.05) is 29.8 Å². The van der Waals surface area contributed by atoms with Crippen LogP contribution in [0.4, 0.5) is 5.13 Å². The number of nitrogens with one attached hydrogen (secondary N) is 1. The van der Waals surface area contributed by atoms with Crippen LogP contribution in [0.5, 0.6) is 0 Å². The number of nitrogens with zero attached hydrogens (tertiary/aromatic N) is 3. The quantitative estimate of drug-likeness (QED) is 0.539. The van der Waals surface area contributed by atoms with Gasteiger partial charge < -0.3 is 0 Å². The Morgan fingerprint density at radius 3 is 2.76 bits per heavy atom. The van der Waals surface area contributed by atoms with Gasteiger partial charge in [-0.15, -0.1) is 22.7 Å². The summed E-state index contributed by atoms with van der Waals surface area (Å²) in [7, 11) is 0. The van der Waals surface area contributed by atoms with Gasteiger partial charge in [-0.2, -0.15) is 5.10 Å². The Bertz CT molecular complexity index is 1020. The monoisotopic (exact) mass is 386 g/mol. The molecule has 0 radical (unpaired) electrons. The minimum absolute atomic E-state index is 0.243. The number of thiazole rings is 1. The molecule has 1 N–H and O–H groups in total. The summed E-state index contributed by atoms with van der Waals surface area (Å²) in [5.74, 6) is -0.243. The van der Waals surface area contributed by atoms with E-state index in [1.807, 2.05) is 47.8 Å². The Morgan fingerprint density at radius 1 is 1.16 bits per heavy atom. The van der Waals surface area contributed by atoms with Gasteiger partial charge in [-0.25, -0.2) is 9.67 Å². The van der Waals surface area contributed by atoms with E-state index in [1.54, 1.807) is 10.9 Å². The molecular weight excluding hydrogens is 376 g/mol. The maximum Gasteiger partial charge on any atom is 0.260 e. The van der Waals surface area contributed by atoms with Crippen molar-refractivity contribution in [2.75, 3.05) is 5.32 Å². The van der Waals surface area contributed by atoms with Crippen LogP contribution in [0, 0.1) is 0 Å². The van der Waals surface area contributed by atoms with E-state index >= 15 is 0 Å². The van der Waals surface area contributed by atoms with E-state index in [0.29, 0.717) is 15.0 Å². The number of hydrogen-bond acceptors (Lipinski definition) is 5. The lowest BCUT2D eigenvalue weighted by Gasteiger charge is -2.00. The number of aromatic nitrogens is 3. The lowest BCUT2D eigenvalue weighted by molar-refractivity contribution is 0.102. The molecule has 124 valence electrons. The number of thiophene rings is 1.